The van der Waals surface area contributed by atoms with Crippen molar-refractivity contribution in [2.75, 3.05) is 67.8 Å². The number of benzene rings is 1. The predicted molar refractivity (Wildman–Crippen MR) is 286 cm³/mol. The van der Waals surface area contributed by atoms with Crippen LogP contribution in [0.2, 0.25) is 0 Å². The first-order chi connectivity index (χ1) is 36.4. The molecule has 8 N–H and O–H groups in total. The molecule has 77 heavy (non-hydrogen) atoms. The van der Waals surface area contributed by atoms with Gasteiger partial charge >= 0.3 is 25.4 Å². The van der Waals surface area contributed by atoms with E-state index >= 15 is 0 Å². The van der Waals surface area contributed by atoms with Crippen LogP contribution in [0.4, 0.5) is 0 Å². The van der Waals surface area contributed by atoms with Gasteiger partial charge in [-0.05, 0) is 48.0 Å². The minimum absolute atomic E-state index is 0.00566. The standard InChI is InChI=1S/C52H83N10O14P/c1-14-35(8)47(40(73-12)32-44(66)62-26-20-23-39(62)48(74-13)36(9)49(67)54-38(52(70)71)31-37-21-18-17-19-22-37)61(11)51(69)45(33(4)5)55-50(68)46(34(6)7)60(10)43(65)24-27-75-29-30-76-28-25-53-77(72,58-56-41(63)15-2)59-57-42(64)16-3/h2-3,17-19,21-22,33-36,38-40,45-48H,14,20,23-32H2,1,4-13H3,(H,54,67)(H,55,68)(H,56,63)(H,57,64)(H,70,71)(H3,53,58,59,72)/t35-,36+,38-,39-,40+,45-,46-,47-,48+/m0/s1. The number of rotatable bonds is 35. The topological polar surface area (TPSA) is 305 Å². The van der Waals surface area contributed by atoms with Gasteiger partial charge in [-0.1, -0.05) is 85.2 Å². The summed E-state index contributed by atoms with van der Waals surface area (Å²) < 4.78 is 36.0. The van der Waals surface area contributed by atoms with E-state index < -0.39 is 97.4 Å². The number of hydrogen-bond acceptors (Lipinski definition) is 13. The average Bonchev–Trinajstić information content (AvgIpc) is 3.89. The highest BCUT2D eigenvalue weighted by Gasteiger charge is 2.44. The number of nitrogens with zero attached hydrogens (tertiary/aromatic N) is 3. The second kappa shape index (κ2) is 34.0. The summed E-state index contributed by atoms with van der Waals surface area (Å²) in [5.41, 5.74) is 4.77. The van der Waals surface area contributed by atoms with E-state index in [0.29, 0.717) is 25.8 Å². The summed E-state index contributed by atoms with van der Waals surface area (Å²) >= 11 is 0. The molecule has 0 aliphatic carbocycles. The lowest BCUT2D eigenvalue weighted by atomic mass is 9.89. The van der Waals surface area contributed by atoms with Crippen LogP contribution in [0.5, 0.6) is 0 Å². The molecule has 0 radical (unpaired) electrons. The molecule has 2 rings (SSSR count). The number of carboxylic acids is 1. The van der Waals surface area contributed by atoms with E-state index in [1.54, 1.807) is 82.7 Å². The zero-order valence-corrected chi connectivity index (χ0v) is 47.3. The number of nitrogens with one attached hydrogen (secondary N) is 7. The Balaban J connectivity index is 2.08. The third-order valence-electron chi connectivity index (χ3n) is 13.4. The quantitative estimate of drug-likeness (QED) is 0.0203. The van der Waals surface area contributed by atoms with E-state index in [9.17, 15) is 48.0 Å². The third kappa shape index (κ3) is 21.4. The second-order valence-electron chi connectivity index (χ2n) is 19.5. The second-order valence-corrected chi connectivity index (χ2v) is 21.5. The Morgan fingerprint density at radius 2 is 1.42 bits per heavy atom. The number of carboxylic acid groups (broad SMARTS) is 1. The molecule has 24 nitrogen and oxygen atoms in total. The zero-order valence-electron chi connectivity index (χ0n) is 46.4. The number of terminal acetylenes is 2. The number of methoxy groups -OCH3 is 2. The smallest absolute Gasteiger partial charge is 0.326 e. The number of ether oxygens (including phenoxy) is 4. The lowest BCUT2D eigenvalue weighted by molar-refractivity contribution is -0.149. The van der Waals surface area contributed by atoms with Crippen LogP contribution < -0.4 is 37.0 Å². The summed E-state index contributed by atoms with van der Waals surface area (Å²) in [6, 6.07) is 4.69. The highest BCUT2D eigenvalue weighted by Crippen LogP contribution is 2.30. The summed E-state index contributed by atoms with van der Waals surface area (Å²) in [4.78, 5) is 110. The van der Waals surface area contributed by atoms with Gasteiger partial charge < -0.3 is 49.4 Å². The number of likely N-dealkylation sites (N-methyl/N-ethyl adjacent to an activating group) is 2. The average molecular weight is 1100 g/mol. The van der Waals surface area contributed by atoms with Gasteiger partial charge in [-0.3, -0.25) is 49.0 Å². The maximum atomic E-state index is 14.6. The van der Waals surface area contributed by atoms with E-state index in [4.69, 9.17) is 31.8 Å². The first kappa shape index (κ1) is 67.2. The molecule has 1 saturated heterocycles. The van der Waals surface area contributed by atoms with Crippen LogP contribution in [-0.4, -0.2) is 177 Å². The number of likely N-dealkylation sites (tertiary alicyclic amines) is 1. The van der Waals surface area contributed by atoms with Crippen LogP contribution in [0.1, 0.15) is 86.1 Å². The summed E-state index contributed by atoms with van der Waals surface area (Å²) in [7, 11) is 2.21. The molecule has 0 bridgehead atoms. The fourth-order valence-electron chi connectivity index (χ4n) is 9.08. The van der Waals surface area contributed by atoms with E-state index in [1.165, 1.54) is 31.1 Å². The fraction of sp³-hybridized carbons (Fsp3) is 0.654. The van der Waals surface area contributed by atoms with Crippen molar-refractivity contribution < 1.29 is 67.0 Å². The van der Waals surface area contributed by atoms with E-state index in [1.807, 2.05) is 30.8 Å². The predicted octanol–water partition coefficient (Wildman–Crippen LogP) is 0.972. The molecule has 1 aliphatic heterocycles. The van der Waals surface area contributed by atoms with Gasteiger partial charge in [-0.15, -0.1) is 12.8 Å². The first-order valence-electron chi connectivity index (χ1n) is 25.7. The van der Waals surface area contributed by atoms with Gasteiger partial charge in [0.2, 0.25) is 29.5 Å². The van der Waals surface area contributed by atoms with Crippen LogP contribution in [0.3, 0.4) is 0 Å². The van der Waals surface area contributed by atoms with Crippen molar-refractivity contribution in [2.45, 2.75) is 129 Å². The molecule has 0 aromatic heterocycles. The molecule has 1 heterocycles. The maximum Gasteiger partial charge on any atom is 0.326 e. The van der Waals surface area contributed by atoms with Gasteiger partial charge in [-0.2, -0.15) is 10.4 Å². The molecule has 1 fully saturated rings. The molecular weight excluding hydrogens is 1020 g/mol. The van der Waals surface area contributed by atoms with E-state index in [2.05, 4.69) is 26.1 Å². The van der Waals surface area contributed by atoms with E-state index in [-0.39, 0.29) is 75.9 Å². The van der Waals surface area contributed by atoms with Crippen molar-refractivity contribution in [1.82, 2.24) is 51.7 Å². The molecular formula is C52H83N10O14P. The van der Waals surface area contributed by atoms with Gasteiger partial charge in [0.05, 0.1) is 69.5 Å². The first-order valence-corrected chi connectivity index (χ1v) is 27.5. The maximum absolute atomic E-state index is 14.6. The summed E-state index contributed by atoms with van der Waals surface area (Å²) in [5.74, 6) is -3.36. The van der Waals surface area contributed by atoms with Gasteiger partial charge in [-0.25, -0.2) is 9.88 Å². The molecule has 1 aromatic rings. The fourth-order valence-corrected chi connectivity index (χ4v) is 10.2. The largest absolute Gasteiger partial charge is 0.480 e. The molecule has 1 aliphatic rings. The Hall–Kier alpha value is -5.95. The highest BCUT2D eigenvalue weighted by atomic mass is 31.2. The SMILES string of the molecule is C#CC(=O)NNP(=O)(NCCOCCOCCC(=O)N(C)[C@H](C(=O)N[C@H](C(=O)N(C)[C@@H]([C@@H](C)CC)[C@@H](CC(=O)N1CCC[C@H]1[C@H](OC)[C@@H](C)C(=O)N[C@@H](Cc1ccccc1)C(=O)O)OC)C(C)C)C(C)C)NNC(=O)C#C. The Labute approximate surface area is 453 Å². The molecule has 9 atom stereocenters. The summed E-state index contributed by atoms with van der Waals surface area (Å²) in [6.45, 7) is 13.3. The van der Waals surface area contributed by atoms with Crippen molar-refractivity contribution in [1.29, 1.82) is 0 Å². The van der Waals surface area contributed by atoms with Crippen LogP contribution in [0.15, 0.2) is 30.3 Å². The van der Waals surface area contributed by atoms with Gasteiger partial charge in [0.25, 0.3) is 0 Å². The zero-order chi connectivity index (χ0) is 58.0. The third-order valence-corrected chi connectivity index (χ3v) is 14.9. The van der Waals surface area contributed by atoms with Crippen molar-refractivity contribution in [3.63, 3.8) is 0 Å². The summed E-state index contributed by atoms with van der Waals surface area (Å²) in [6.07, 6.45) is 10.2. The lowest BCUT2D eigenvalue weighted by Crippen LogP contribution is -2.60. The van der Waals surface area contributed by atoms with Gasteiger partial charge in [0.1, 0.15) is 18.1 Å². The molecule has 1 aromatic carbocycles. The van der Waals surface area contributed by atoms with Crippen molar-refractivity contribution in [2.24, 2.45) is 23.7 Å². The number of amides is 7. The Morgan fingerprint density at radius 1 is 0.818 bits per heavy atom. The van der Waals surface area contributed by atoms with Crippen LogP contribution >= 0.6 is 7.59 Å². The number of carbonyl (C=O) groups is 8. The van der Waals surface area contributed by atoms with Crippen molar-refractivity contribution in [3.8, 4) is 24.7 Å². The van der Waals surface area contributed by atoms with Crippen molar-refractivity contribution >= 4 is 54.9 Å². The Morgan fingerprint density at radius 3 is 1.94 bits per heavy atom. The molecule has 0 saturated carbocycles. The normalized spacial score (nSPS) is 16.6. The van der Waals surface area contributed by atoms with Crippen LogP contribution in [-0.2, 0) is 68.3 Å². The molecule has 0 unspecified atom stereocenters. The molecule has 430 valence electrons. The van der Waals surface area contributed by atoms with Crippen LogP contribution in [0.25, 0.3) is 0 Å². The monoisotopic (exact) mass is 1100 g/mol. The molecule has 0 spiro atoms. The minimum atomic E-state index is -3.87. The summed E-state index contributed by atoms with van der Waals surface area (Å²) in [5, 5.41) is 22.4. The Bertz CT molecular complexity index is 2210. The molecule has 7 amide bonds. The number of hydrogen-bond donors (Lipinski definition) is 8. The van der Waals surface area contributed by atoms with Gasteiger partial charge in [0.15, 0.2) is 0 Å². The Kier molecular flexibility index (Phi) is 29.7. The number of hydrazine groups is 2. The van der Waals surface area contributed by atoms with Crippen molar-refractivity contribution in [3.05, 3.63) is 35.9 Å². The highest BCUT2D eigenvalue weighted by molar-refractivity contribution is 7.57. The van der Waals surface area contributed by atoms with Gasteiger partial charge in [0, 0.05) is 47.8 Å². The number of carbonyl (C=O) groups excluding carboxylic acids is 7. The molecule has 25 heteroatoms. The van der Waals surface area contributed by atoms with E-state index in [0.717, 1.165) is 5.56 Å². The number of aliphatic carboxylic acids is 1. The van der Waals surface area contributed by atoms with Crippen LogP contribution in [0, 0.1) is 48.4 Å². The minimum Gasteiger partial charge on any atom is -0.480 e. The lowest BCUT2D eigenvalue weighted by Gasteiger charge is -2.41.